The van der Waals surface area contributed by atoms with Crippen LogP contribution in [0.2, 0.25) is 0 Å². The van der Waals surface area contributed by atoms with Crippen molar-refractivity contribution < 1.29 is 18.7 Å². The summed E-state index contributed by atoms with van der Waals surface area (Å²) in [6, 6.07) is 2.49. The Morgan fingerprint density at radius 2 is 2.20 bits per heavy atom. The second-order valence-electron chi connectivity index (χ2n) is 3.73. The van der Waals surface area contributed by atoms with Gasteiger partial charge in [-0.15, -0.1) is 10.2 Å². The first kappa shape index (κ1) is 14.7. The molecule has 2 N–H and O–H groups in total. The maximum absolute atomic E-state index is 13.8. The van der Waals surface area contributed by atoms with Gasteiger partial charge in [-0.1, -0.05) is 29.2 Å². The van der Waals surface area contributed by atoms with E-state index in [2.05, 4.69) is 15.5 Å². The Balaban J connectivity index is 2.15. The monoisotopic (exact) mass is 317 g/mol. The number of thioether (sulfide) groups is 1. The average Bonchev–Trinajstić information content (AvgIpc) is 2.85. The van der Waals surface area contributed by atoms with E-state index in [1.807, 2.05) is 0 Å². The van der Waals surface area contributed by atoms with Crippen LogP contribution in [0.25, 0.3) is 0 Å². The zero-order valence-corrected chi connectivity index (χ0v) is 11.8. The van der Waals surface area contributed by atoms with Crippen LogP contribution in [0, 0.1) is 18.6 Å². The number of benzene rings is 1. The number of hydrogen-bond donors (Lipinski definition) is 2. The van der Waals surface area contributed by atoms with Crippen LogP contribution in [0.1, 0.15) is 5.56 Å². The highest BCUT2D eigenvalue weighted by Gasteiger charge is 2.14. The van der Waals surface area contributed by atoms with Gasteiger partial charge in [0.1, 0.15) is 11.5 Å². The van der Waals surface area contributed by atoms with E-state index in [-0.39, 0.29) is 16.6 Å². The molecule has 0 atom stereocenters. The molecule has 2 aromatic rings. The molecular formula is C11H9F2N3O2S2. The Hall–Kier alpha value is -1.74. The van der Waals surface area contributed by atoms with Crippen molar-refractivity contribution >= 4 is 39.9 Å². The van der Waals surface area contributed by atoms with E-state index >= 15 is 0 Å². The molecular weight excluding hydrogens is 308 g/mol. The molecule has 0 aliphatic carbocycles. The van der Waals surface area contributed by atoms with Crippen molar-refractivity contribution in [2.75, 3.05) is 11.1 Å². The molecule has 0 aliphatic heterocycles. The van der Waals surface area contributed by atoms with Gasteiger partial charge in [-0.2, -0.15) is 0 Å². The first-order valence-corrected chi connectivity index (χ1v) is 7.17. The summed E-state index contributed by atoms with van der Waals surface area (Å²) in [4.78, 5) is 10.4. The molecule has 0 amide bonds. The number of carbonyl (C=O) groups is 1. The summed E-state index contributed by atoms with van der Waals surface area (Å²) < 4.78 is 27.7. The lowest BCUT2D eigenvalue weighted by Gasteiger charge is -2.06. The fourth-order valence-electron chi connectivity index (χ4n) is 1.32. The Morgan fingerprint density at radius 3 is 2.90 bits per heavy atom. The number of hydrogen-bond acceptors (Lipinski definition) is 6. The van der Waals surface area contributed by atoms with Gasteiger partial charge in [-0.25, -0.2) is 8.78 Å². The van der Waals surface area contributed by atoms with Gasteiger partial charge in [0.25, 0.3) is 0 Å². The number of rotatable bonds is 5. The maximum Gasteiger partial charge on any atom is 0.313 e. The zero-order valence-electron chi connectivity index (χ0n) is 10.2. The van der Waals surface area contributed by atoms with Gasteiger partial charge in [0, 0.05) is 0 Å². The molecule has 0 saturated carbocycles. The van der Waals surface area contributed by atoms with Crippen molar-refractivity contribution in [2.24, 2.45) is 0 Å². The van der Waals surface area contributed by atoms with Crippen LogP contribution < -0.4 is 5.32 Å². The molecule has 0 saturated heterocycles. The Kier molecular flexibility index (Phi) is 4.50. The van der Waals surface area contributed by atoms with E-state index in [4.69, 9.17) is 5.11 Å². The predicted octanol–water partition coefficient (Wildman–Crippen LogP) is 3.05. The minimum atomic E-state index is -0.976. The summed E-state index contributed by atoms with van der Waals surface area (Å²) >= 11 is 2.02. The molecule has 20 heavy (non-hydrogen) atoms. The smallest absolute Gasteiger partial charge is 0.313 e. The summed E-state index contributed by atoms with van der Waals surface area (Å²) in [5, 5.41) is 18.7. The van der Waals surface area contributed by atoms with Crippen molar-refractivity contribution in [2.45, 2.75) is 11.3 Å². The van der Waals surface area contributed by atoms with Crippen LogP contribution in [0.15, 0.2) is 16.5 Å². The number of carboxylic acid groups (broad SMARTS) is 1. The van der Waals surface area contributed by atoms with Gasteiger partial charge in [-0.3, -0.25) is 4.79 Å². The lowest BCUT2D eigenvalue weighted by atomic mass is 10.2. The highest BCUT2D eigenvalue weighted by atomic mass is 32.2. The summed E-state index contributed by atoms with van der Waals surface area (Å²) in [7, 11) is 0. The van der Waals surface area contributed by atoms with Crippen LogP contribution in [0.4, 0.5) is 19.6 Å². The number of nitrogens with zero attached hydrogens (tertiary/aromatic N) is 2. The van der Waals surface area contributed by atoms with Crippen molar-refractivity contribution in [3.8, 4) is 0 Å². The third-order valence-corrected chi connectivity index (χ3v) is 4.20. The second-order valence-corrected chi connectivity index (χ2v) is 5.93. The molecule has 5 nitrogen and oxygen atoms in total. The lowest BCUT2D eigenvalue weighted by molar-refractivity contribution is -0.133. The Bertz CT molecular complexity index is 649. The summed E-state index contributed by atoms with van der Waals surface area (Å²) in [5.41, 5.74) is 0.00910. The van der Waals surface area contributed by atoms with E-state index in [1.165, 1.54) is 13.0 Å². The topological polar surface area (TPSA) is 75.1 Å². The molecule has 0 radical (unpaired) electrons. The Morgan fingerprint density at radius 1 is 1.45 bits per heavy atom. The minimum Gasteiger partial charge on any atom is -0.481 e. The zero-order chi connectivity index (χ0) is 14.7. The van der Waals surface area contributed by atoms with E-state index < -0.39 is 17.6 Å². The fraction of sp³-hybridized carbons (Fsp3) is 0.182. The standard InChI is InChI=1S/C11H9F2N3O2S2/c1-5-2-3-6(12)9(8(5)13)14-10-15-16-11(20-10)19-4-7(17)18/h2-3H,4H2,1H3,(H,14,15)(H,17,18). The van der Waals surface area contributed by atoms with Crippen molar-refractivity contribution in [3.63, 3.8) is 0 Å². The van der Waals surface area contributed by atoms with Gasteiger partial charge >= 0.3 is 5.97 Å². The van der Waals surface area contributed by atoms with Crippen LogP contribution in [-0.2, 0) is 4.79 Å². The molecule has 9 heteroatoms. The van der Waals surface area contributed by atoms with Gasteiger partial charge in [0.05, 0.1) is 5.75 Å². The number of aromatic nitrogens is 2. The third kappa shape index (κ3) is 3.42. The molecule has 0 aliphatic rings. The summed E-state index contributed by atoms with van der Waals surface area (Å²) in [6.45, 7) is 1.52. The van der Waals surface area contributed by atoms with E-state index in [9.17, 15) is 13.6 Å². The first-order valence-electron chi connectivity index (χ1n) is 5.37. The highest BCUT2D eigenvalue weighted by molar-refractivity contribution is 8.01. The Labute approximate surface area is 121 Å². The average molecular weight is 317 g/mol. The lowest BCUT2D eigenvalue weighted by Crippen LogP contribution is -1.99. The molecule has 0 bridgehead atoms. The van der Waals surface area contributed by atoms with Crippen LogP contribution in [0.5, 0.6) is 0 Å². The van der Waals surface area contributed by atoms with Gasteiger partial charge < -0.3 is 10.4 Å². The number of nitrogens with one attached hydrogen (secondary N) is 1. The normalized spacial score (nSPS) is 10.6. The summed E-state index contributed by atoms with van der Waals surface area (Å²) in [5.74, 6) is -2.56. The quantitative estimate of drug-likeness (QED) is 0.826. The number of carboxylic acids is 1. The number of aryl methyl sites for hydroxylation is 1. The van der Waals surface area contributed by atoms with Crippen LogP contribution in [0.3, 0.4) is 0 Å². The molecule has 2 rings (SSSR count). The molecule has 0 spiro atoms. The second kappa shape index (κ2) is 6.14. The number of aliphatic carboxylic acids is 1. The first-order chi connectivity index (χ1) is 9.47. The molecule has 0 fully saturated rings. The molecule has 0 unspecified atom stereocenters. The fourth-order valence-corrected chi connectivity index (χ4v) is 2.80. The van der Waals surface area contributed by atoms with Crippen molar-refractivity contribution in [1.29, 1.82) is 0 Å². The molecule has 106 valence electrons. The van der Waals surface area contributed by atoms with E-state index in [0.29, 0.717) is 9.90 Å². The number of halogens is 2. The summed E-state index contributed by atoms with van der Waals surface area (Å²) in [6.07, 6.45) is 0. The van der Waals surface area contributed by atoms with E-state index in [1.54, 1.807) is 0 Å². The maximum atomic E-state index is 13.8. The van der Waals surface area contributed by atoms with Gasteiger partial charge in [-0.05, 0) is 18.6 Å². The van der Waals surface area contributed by atoms with Gasteiger partial charge in [0.2, 0.25) is 5.13 Å². The third-order valence-electron chi connectivity index (χ3n) is 2.24. The highest BCUT2D eigenvalue weighted by Crippen LogP contribution is 2.30. The van der Waals surface area contributed by atoms with Gasteiger partial charge in [0.15, 0.2) is 10.2 Å². The van der Waals surface area contributed by atoms with Crippen molar-refractivity contribution in [1.82, 2.24) is 10.2 Å². The van der Waals surface area contributed by atoms with Crippen molar-refractivity contribution in [3.05, 3.63) is 29.3 Å². The minimum absolute atomic E-state index is 0.151. The van der Waals surface area contributed by atoms with Crippen LogP contribution in [-0.4, -0.2) is 27.0 Å². The van der Waals surface area contributed by atoms with E-state index in [0.717, 1.165) is 29.2 Å². The van der Waals surface area contributed by atoms with Crippen LogP contribution >= 0.6 is 23.1 Å². The number of anilines is 2. The molecule has 1 aromatic heterocycles. The molecule has 1 heterocycles. The molecule has 1 aromatic carbocycles. The largest absolute Gasteiger partial charge is 0.481 e. The predicted molar refractivity (Wildman–Crippen MR) is 72.6 cm³/mol. The SMILES string of the molecule is Cc1ccc(F)c(Nc2nnc(SCC(=O)O)s2)c1F.